The molecule has 35 heavy (non-hydrogen) atoms. The standard InChI is InChI=1S/C27H56NO6P/c1-4-5-6-7-8-9-10-11-12-13-14-15-16-17-22-31-23-24-32-25-26-33-35(29,30)34-27-18-20-28(2,3)21-19-27/h27H,4-26H2,1-3H3. The molecule has 1 aliphatic rings. The van der Waals surface area contributed by atoms with Crippen LogP contribution in [0.4, 0.5) is 0 Å². The number of quaternary nitrogens is 1. The summed E-state index contributed by atoms with van der Waals surface area (Å²) in [6.07, 6.45) is 20.1. The number of phosphoric acid groups is 1. The van der Waals surface area contributed by atoms with Gasteiger partial charge in [-0.15, -0.1) is 0 Å². The summed E-state index contributed by atoms with van der Waals surface area (Å²) in [4.78, 5) is 12.0. The van der Waals surface area contributed by atoms with Gasteiger partial charge in [0.25, 0.3) is 7.82 Å². The lowest BCUT2D eigenvalue weighted by Crippen LogP contribution is -2.48. The van der Waals surface area contributed by atoms with Crippen LogP contribution >= 0.6 is 7.82 Å². The third kappa shape index (κ3) is 20.7. The Labute approximate surface area is 216 Å². The summed E-state index contributed by atoms with van der Waals surface area (Å²) >= 11 is 0. The van der Waals surface area contributed by atoms with Crippen LogP contribution < -0.4 is 4.89 Å². The largest absolute Gasteiger partial charge is 0.756 e. The van der Waals surface area contributed by atoms with Gasteiger partial charge in [0.15, 0.2) is 0 Å². The molecule has 1 fully saturated rings. The molecule has 0 aromatic rings. The molecule has 0 aliphatic carbocycles. The highest BCUT2D eigenvalue weighted by atomic mass is 31.2. The third-order valence-corrected chi connectivity index (χ3v) is 7.94. The van der Waals surface area contributed by atoms with Crippen molar-refractivity contribution < 1.29 is 32.5 Å². The lowest BCUT2D eigenvalue weighted by molar-refractivity contribution is -0.896. The van der Waals surface area contributed by atoms with Gasteiger partial charge in [0.05, 0.1) is 59.7 Å². The molecular weight excluding hydrogens is 465 g/mol. The first-order valence-corrected chi connectivity index (χ1v) is 15.9. The number of likely N-dealkylation sites (tertiary alicyclic amines) is 1. The van der Waals surface area contributed by atoms with Crippen LogP contribution in [-0.2, 0) is 23.1 Å². The number of piperidine rings is 1. The van der Waals surface area contributed by atoms with Crippen LogP contribution in [0.15, 0.2) is 0 Å². The zero-order valence-electron chi connectivity index (χ0n) is 23.2. The van der Waals surface area contributed by atoms with E-state index in [9.17, 15) is 9.46 Å². The molecule has 1 rings (SSSR count). The van der Waals surface area contributed by atoms with Crippen molar-refractivity contribution in [1.82, 2.24) is 0 Å². The molecule has 210 valence electrons. The van der Waals surface area contributed by atoms with Gasteiger partial charge in [-0.2, -0.15) is 0 Å². The van der Waals surface area contributed by atoms with Crippen LogP contribution in [0.25, 0.3) is 0 Å². The van der Waals surface area contributed by atoms with E-state index >= 15 is 0 Å². The van der Waals surface area contributed by atoms with Crippen molar-refractivity contribution in [3.05, 3.63) is 0 Å². The van der Waals surface area contributed by atoms with Crippen LogP contribution in [0.3, 0.4) is 0 Å². The van der Waals surface area contributed by atoms with Crippen molar-refractivity contribution in [1.29, 1.82) is 0 Å². The minimum Gasteiger partial charge on any atom is -0.756 e. The maximum atomic E-state index is 12.0. The van der Waals surface area contributed by atoms with Gasteiger partial charge in [-0.05, 0) is 6.42 Å². The van der Waals surface area contributed by atoms with Crippen LogP contribution in [0.5, 0.6) is 0 Å². The van der Waals surface area contributed by atoms with Crippen LogP contribution in [0, 0.1) is 0 Å². The molecule has 8 heteroatoms. The van der Waals surface area contributed by atoms with Gasteiger partial charge in [0.2, 0.25) is 0 Å². The minimum atomic E-state index is -4.27. The SMILES string of the molecule is CCCCCCCCCCCCCCCCOCCOCCOP(=O)([O-])OC1CC[N+](C)(C)CC1. The molecule has 0 N–H and O–H groups in total. The highest BCUT2D eigenvalue weighted by molar-refractivity contribution is 7.45. The second-order valence-electron chi connectivity index (χ2n) is 10.8. The molecule has 0 aromatic heterocycles. The summed E-state index contributed by atoms with van der Waals surface area (Å²) in [6, 6.07) is 0. The topological polar surface area (TPSA) is 77.1 Å². The number of hydrogen-bond donors (Lipinski definition) is 0. The van der Waals surface area contributed by atoms with Crippen LogP contribution in [0.1, 0.15) is 110 Å². The van der Waals surface area contributed by atoms with Crippen molar-refractivity contribution in [3.63, 3.8) is 0 Å². The summed E-state index contributed by atoms with van der Waals surface area (Å²) in [5.41, 5.74) is 0. The summed E-state index contributed by atoms with van der Waals surface area (Å²) in [5, 5.41) is 0. The van der Waals surface area contributed by atoms with E-state index in [-0.39, 0.29) is 19.3 Å². The second-order valence-corrected chi connectivity index (χ2v) is 12.2. The van der Waals surface area contributed by atoms with Gasteiger partial charge < -0.3 is 27.9 Å². The van der Waals surface area contributed by atoms with Gasteiger partial charge in [0.1, 0.15) is 0 Å². The highest BCUT2D eigenvalue weighted by Crippen LogP contribution is 2.41. The van der Waals surface area contributed by atoms with Gasteiger partial charge in [-0.1, -0.05) is 90.4 Å². The maximum absolute atomic E-state index is 12.0. The Bertz CT molecular complexity index is 524. The fourth-order valence-electron chi connectivity index (χ4n) is 4.49. The monoisotopic (exact) mass is 521 g/mol. The zero-order valence-corrected chi connectivity index (χ0v) is 24.1. The number of unbranched alkanes of at least 4 members (excludes halogenated alkanes) is 13. The molecule has 1 aliphatic heterocycles. The third-order valence-electron chi connectivity index (χ3n) is 6.88. The molecule has 0 radical (unpaired) electrons. The normalized spacial score (nSPS) is 18.1. The van der Waals surface area contributed by atoms with Crippen molar-refractivity contribution >= 4 is 7.82 Å². The zero-order chi connectivity index (χ0) is 25.7. The highest BCUT2D eigenvalue weighted by Gasteiger charge is 2.29. The molecular formula is C27H56NO6P. The summed E-state index contributed by atoms with van der Waals surface area (Å²) in [6.45, 7) is 6.02. The molecule has 0 spiro atoms. The number of phosphoric ester groups is 1. The fourth-order valence-corrected chi connectivity index (χ4v) is 5.43. The van der Waals surface area contributed by atoms with Crippen LogP contribution in [-0.4, -0.2) is 70.8 Å². The van der Waals surface area contributed by atoms with E-state index in [1.54, 1.807) is 0 Å². The Balaban J connectivity index is 1.77. The van der Waals surface area contributed by atoms with Gasteiger partial charge in [0, 0.05) is 19.4 Å². The van der Waals surface area contributed by atoms with Crippen molar-refractivity contribution in [3.8, 4) is 0 Å². The molecule has 1 unspecified atom stereocenters. The van der Waals surface area contributed by atoms with E-state index in [1.807, 2.05) is 0 Å². The van der Waals surface area contributed by atoms with Crippen molar-refractivity contribution in [2.45, 2.75) is 116 Å². The molecule has 0 bridgehead atoms. The molecule has 0 saturated carbocycles. The fraction of sp³-hybridized carbons (Fsp3) is 1.00. The average Bonchev–Trinajstić information content (AvgIpc) is 2.81. The number of rotatable bonds is 24. The smallest absolute Gasteiger partial charge is 0.268 e. The Morgan fingerprint density at radius 3 is 1.63 bits per heavy atom. The molecule has 1 heterocycles. The predicted octanol–water partition coefficient (Wildman–Crippen LogP) is 6.24. The number of ether oxygens (including phenoxy) is 2. The summed E-state index contributed by atoms with van der Waals surface area (Å²) in [7, 11) is 0.0208. The molecule has 7 nitrogen and oxygen atoms in total. The first-order chi connectivity index (χ1) is 16.8. The van der Waals surface area contributed by atoms with E-state index in [1.165, 1.54) is 83.5 Å². The van der Waals surface area contributed by atoms with E-state index in [0.717, 1.165) is 43.4 Å². The lowest BCUT2D eigenvalue weighted by Gasteiger charge is -2.38. The van der Waals surface area contributed by atoms with Gasteiger partial charge in [-0.3, -0.25) is 4.57 Å². The Morgan fingerprint density at radius 1 is 0.686 bits per heavy atom. The van der Waals surface area contributed by atoms with Gasteiger partial charge in [-0.25, -0.2) is 0 Å². The first kappa shape index (κ1) is 33.0. The summed E-state index contributed by atoms with van der Waals surface area (Å²) in [5.74, 6) is 0. The summed E-state index contributed by atoms with van der Waals surface area (Å²) < 4.78 is 34.0. The quantitative estimate of drug-likeness (QED) is 0.0850. The van der Waals surface area contributed by atoms with E-state index in [4.69, 9.17) is 18.5 Å². The van der Waals surface area contributed by atoms with Gasteiger partial charge >= 0.3 is 0 Å². The van der Waals surface area contributed by atoms with Crippen molar-refractivity contribution in [2.75, 3.05) is 60.2 Å². The number of hydrogen-bond acceptors (Lipinski definition) is 6. The Kier molecular flexibility index (Phi) is 19.8. The van der Waals surface area contributed by atoms with E-state index in [2.05, 4.69) is 21.0 Å². The molecule has 1 saturated heterocycles. The molecule has 0 aromatic carbocycles. The molecule has 0 amide bonds. The van der Waals surface area contributed by atoms with Crippen molar-refractivity contribution in [2.24, 2.45) is 0 Å². The minimum absolute atomic E-state index is 0.0198. The predicted molar refractivity (Wildman–Crippen MR) is 141 cm³/mol. The van der Waals surface area contributed by atoms with E-state index in [0.29, 0.717) is 13.2 Å². The Morgan fingerprint density at radius 2 is 1.11 bits per heavy atom. The Hall–Kier alpha value is -0.0100. The number of nitrogens with zero attached hydrogens (tertiary/aromatic N) is 1. The molecule has 1 atom stereocenters. The lowest BCUT2D eigenvalue weighted by atomic mass is 10.0. The van der Waals surface area contributed by atoms with Crippen LogP contribution in [0.2, 0.25) is 0 Å². The second kappa shape index (κ2) is 21.0. The first-order valence-electron chi connectivity index (χ1n) is 14.5. The maximum Gasteiger partial charge on any atom is 0.268 e. The average molecular weight is 522 g/mol. The van der Waals surface area contributed by atoms with E-state index < -0.39 is 7.82 Å².